The van der Waals surface area contributed by atoms with Crippen LogP contribution in [0.25, 0.3) is 11.1 Å². The van der Waals surface area contributed by atoms with E-state index < -0.39 is 29.7 Å². The summed E-state index contributed by atoms with van der Waals surface area (Å²) in [6.07, 6.45) is -2.81. The number of nitriles is 1. The number of rotatable bonds is 44. The van der Waals surface area contributed by atoms with Crippen LogP contribution in [0.1, 0.15) is 34.5 Å². The van der Waals surface area contributed by atoms with Gasteiger partial charge in [-0.25, -0.2) is 0 Å². The molecule has 4 N–H and O–H groups in total. The van der Waals surface area contributed by atoms with Gasteiger partial charge in [-0.15, -0.1) is 0 Å². The second kappa shape index (κ2) is 44.7. The number of benzene rings is 2. The number of ether oxygens (including phenoxy) is 10. The van der Waals surface area contributed by atoms with Gasteiger partial charge in [-0.1, -0.05) is 23.7 Å². The van der Waals surface area contributed by atoms with Crippen molar-refractivity contribution in [2.75, 3.05) is 223 Å². The zero-order chi connectivity index (χ0) is 66.1. The molecule has 4 rings (SSSR count). The maximum absolute atomic E-state index is 14.1. The van der Waals surface area contributed by atoms with Crippen molar-refractivity contribution < 1.29 is 99.5 Å². The molecule has 0 atom stereocenters. The Morgan fingerprint density at radius 2 is 1.09 bits per heavy atom. The highest BCUT2D eigenvalue weighted by Crippen LogP contribution is 2.39. The molecule has 0 aliphatic carbocycles. The van der Waals surface area contributed by atoms with E-state index in [4.69, 9.17) is 59.0 Å². The number of amides is 3. The average molecular weight is 1310 g/mol. The highest BCUT2D eigenvalue weighted by Gasteiger charge is 2.34. The smallest absolute Gasteiger partial charge is 0.433 e. The van der Waals surface area contributed by atoms with Gasteiger partial charge in [0.05, 0.1) is 174 Å². The Bertz CT molecular complexity index is 2720. The Balaban J connectivity index is 0.945. The minimum atomic E-state index is -4.80. The number of carbonyl (C=O) groups excluding carboxylic acids is 4. The maximum atomic E-state index is 14.1. The lowest BCUT2D eigenvalue weighted by molar-refractivity contribution is -0.141. The van der Waals surface area contributed by atoms with Crippen LogP contribution in [0.2, 0.25) is 5.02 Å². The first-order valence-corrected chi connectivity index (χ1v) is 30.1. The van der Waals surface area contributed by atoms with Gasteiger partial charge >= 0.3 is 18.1 Å². The lowest BCUT2D eigenvalue weighted by atomic mass is 9.98. The highest BCUT2D eigenvalue weighted by molar-refractivity contribution is 6.34. The number of methoxy groups -OCH3 is 1. The summed E-state index contributed by atoms with van der Waals surface area (Å²) in [6, 6.07) is 11.8. The van der Waals surface area contributed by atoms with Crippen molar-refractivity contribution in [1.29, 1.82) is 5.26 Å². The predicted molar refractivity (Wildman–Crippen MR) is 325 cm³/mol. The summed E-state index contributed by atoms with van der Waals surface area (Å²) in [4.78, 5) is 85.8. The first kappa shape index (κ1) is 76.8. The van der Waals surface area contributed by atoms with Gasteiger partial charge in [0, 0.05) is 102 Å². The minimum Gasteiger partial charge on any atom is -0.495 e. The normalized spacial score (nSPS) is 14.0. The van der Waals surface area contributed by atoms with Gasteiger partial charge in [-0.2, -0.15) is 18.4 Å². The largest absolute Gasteiger partial charge is 0.495 e. The summed E-state index contributed by atoms with van der Waals surface area (Å²) in [5.74, 6) is -2.64. The number of aromatic nitrogens is 1. The number of carboxylic acids is 2. The first-order chi connectivity index (χ1) is 43.9. The molecule has 31 heteroatoms. The number of anilines is 1. The lowest BCUT2D eigenvalue weighted by Gasteiger charge is -2.32. The van der Waals surface area contributed by atoms with Crippen molar-refractivity contribution in [3.63, 3.8) is 0 Å². The molecule has 0 spiro atoms. The number of hydrogen-bond donors (Lipinski definition) is 4. The monoisotopic (exact) mass is 1310 g/mol. The molecule has 3 aromatic rings. The molecule has 506 valence electrons. The van der Waals surface area contributed by atoms with E-state index in [9.17, 15) is 57.4 Å². The summed E-state index contributed by atoms with van der Waals surface area (Å²) in [5, 5.41) is 34.1. The number of para-hydroxylation sites is 2. The fraction of sp³-hybridized carbons (Fsp3) is 0.600. The Morgan fingerprint density at radius 3 is 1.54 bits per heavy atom. The zero-order valence-corrected chi connectivity index (χ0v) is 52.4. The second-order valence-corrected chi connectivity index (χ2v) is 20.6. The van der Waals surface area contributed by atoms with E-state index in [0.717, 1.165) is 12.5 Å². The van der Waals surface area contributed by atoms with Gasteiger partial charge < -0.3 is 77.9 Å². The fourth-order valence-corrected chi connectivity index (χ4v) is 9.07. The number of halogens is 4. The number of aliphatic carboxylic acids is 2. The van der Waals surface area contributed by atoms with Crippen LogP contribution >= 0.6 is 11.6 Å². The average Bonchev–Trinajstić information content (AvgIpc) is 1.29. The van der Waals surface area contributed by atoms with Gasteiger partial charge in [0.15, 0.2) is 0 Å². The SMILES string of the molecule is COc1ccccc1N(C)C(=O)c1cc(-c2cnc(C(F)(F)F)cc2C#N)c(Cl)cc1OCCCC(=O)NCCOCCOCCOCCOCCOCCOCCOCCOCCNC(=O)CN1CCN(CC=O)CCN(CC(=O)O)CCN(CC(=O)O)CC1. The van der Waals surface area contributed by atoms with Gasteiger partial charge in [-0.05, 0) is 30.7 Å². The Hall–Kier alpha value is -6.70. The summed E-state index contributed by atoms with van der Waals surface area (Å²) < 4.78 is 96.0. The van der Waals surface area contributed by atoms with Crippen molar-refractivity contribution in [2.45, 2.75) is 19.0 Å². The molecule has 0 bridgehead atoms. The number of hydrogen-bond acceptors (Lipinski definition) is 22. The standard InChI is InChI=1S/C60H85ClF3N9O18/c1-69(51-6-3-4-7-52(51)82-2)59(81)48-39-47(49-42-68-54(60(62,63)64)38-46(49)41-65)50(61)40-53(48)91-21-5-8-55(75)66-9-22-83-24-26-85-28-30-87-32-34-89-36-37-90-35-33-88-31-29-86-27-25-84-23-10-67-56(76)43-71-13-11-70(19-20-74)12-14-72(44-57(77)78)17-18-73(16-15-71)45-58(79)80/h3-4,6-7,20,38-40,42H,5,8-19,21-37,43-45H2,1-2H3,(H,66,75)(H,67,76)(H,77,78)(H,79,80). The van der Waals surface area contributed by atoms with E-state index >= 15 is 0 Å². The molecule has 0 saturated carbocycles. The van der Waals surface area contributed by atoms with Crippen molar-refractivity contribution in [1.82, 2.24) is 35.2 Å². The second-order valence-electron chi connectivity index (χ2n) is 20.2. The molecule has 1 fully saturated rings. The third-order valence-corrected chi connectivity index (χ3v) is 13.9. The predicted octanol–water partition coefficient (Wildman–Crippen LogP) is 2.69. The number of nitrogens with zero attached hydrogens (tertiary/aromatic N) is 7. The van der Waals surface area contributed by atoms with Crippen molar-refractivity contribution >= 4 is 53.2 Å². The summed E-state index contributed by atoms with van der Waals surface area (Å²) in [5.41, 5.74) is -1.19. The topological polar surface area (TPSA) is 312 Å². The zero-order valence-electron chi connectivity index (χ0n) is 51.6. The van der Waals surface area contributed by atoms with Gasteiger partial charge in [0.1, 0.15) is 23.5 Å². The van der Waals surface area contributed by atoms with Crippen molar-refractivity contribution in [3.05, 3.63) is 70.5 Å². The molecule has 2 heterocycles. The van der Waals surface area contributed by atoms with Gasteiger partial charge in [0.25, 0.3) is 5.91 Å². The van der Waals surface area contributed by atoms with Crippen molar-refractivity contribution in [2.24, 2.45) is 0 Å². The van der Waals surface area contributed by atoms with E-state index in [1.807, 2.05) is 9.80 Å². The van der Waals surface area contributed by atoms with Crippen LogP contribution in [0.4, 0.5) is 18.9 Å². The number of carbonyl (C=O) groups is 6. The van der Waals surface area contributed by atoms with Crippen LogP contribution in [0.5, 0.6) is 11.5 Å². The molecule has 1 aliphatic heterocycles. The van der Waals surface area contributed by atoms with Crippen LogP contribution in [-0.4, -0.2) is 289 Å². The molecule has 2 aromatic carbocycles. The molecule has 1 aromatic heterocycles. The first-order valence-electron chi connectivity index (χ1n) is 29.7. The Kier molecular flexibility index (Phi) is 37.7. The molecule has 27 nitrogen and oxygen atoms in total. The van der Waals surface area contributed by atoms with E-state index in [1.165, 1.54) is 31.2 Å². The van der Waals surface area contributed by atoms with Crippen LogP contribution in [-0.2, 0) is 68.0 Å². The Morgan fingerprint density at radius 1 is 0.637 bits per heavy atom. The van der Waals surface area contributed by atoms with Crippen LogP contribution < -0.4 is 25.0 Å². The maximum Gasteiger partial charge on any atom is 0.433 e. The highest BCUT2D eigenvalue weighted by atomic mass is 35.5. The van der Waals surface area contributed by atoms with Gasteiger partial charge in [-0.3, -0.25) is 48.6 Å². The third-order valence-electron chi connectivity index (χ3n) is 13.6. The van der Waals surface area contributed by atoms with Gasteiger partial charge in [0.2, 0.25) is 11.8 Å². The molecular formula is C60H85ClF3N9O18. The number of aldehydes is 1. The van der Waals surface area contributed by atoms with E-state index in [-0.39, 0.29) is 117 Å². The fourth-order valence-electron chi connectivity index (χ4n) is 8.81. The lowest BCUT2D eigenvalue weighted by Crippen LogP contribution is -2.49. The quantitative estimate of drug-likeness (QED) is 0.0467. The number of nitrogens with one attached hydrogen (secondary N) is 2. The van der Waals surface area contributed by atoms with Crippen LogP contribution in [0.3, 0.4) is 0 Å². The minimum absolute atomic E-state index is 0.0109. The molecular weight excluding hydrogens is 1230 g/mol. The molecule has 0 radical (unpaired) electrons. The number of carboxylic acid groups (broad SMARTS) is 2. The molecule has 91 heavy (non-hydrogen) atoms. The summed E-state index contributed by atoms with van der Waals surface area (Å²) in [6.45, 7) is 9.13. The van der Waals surface area contributed by atoms with Crippen molar-refractivity contribution in [3.8, 4) is 28.7 Å². The van der Waals surface area contributed by atoms with Crippen LogP contribution in [0.15, 0.2) is 48.7 Å². The number of pyridine rings is 1. The summed E-state index contributed by atoms with van der Waals surface area (Å²) in [7, 11) is 2.95. The molecule has 3 amide bonds. The Labute approximate surface area is 532 Å². The van der Waals surface area contributed by atoms with E-state index in [1.54, 1.807) is 40.1 Å². The molecule has 1 saturated heterocycles. The summed E-state index contributed by atoms with van der Waals surface area (Å²) >= 11 is 6.62. The molecule has 0 unspecified atom stereocenters. The molecule has 1 aliphatic rings. The van der Waals surface area contributed by atoms with Crippen LogP contribution in [0, 0.1) is 11.3 Å². The van der Waals surface area contributed by atoms with E-state index in [0.29, 0.717) is 162 Å². The number of alkyl halides is 3. The van der Waals surface area contributed by atoms with E-state index in [2.05, 4.69) is 15.6 Å². The third kappa shape index (κ3) is 31.5.